The number of nitrogens with one attached hydrogen (secondary N) is 2. The molecule has 0 aliphatic carbocycles. The summed E-state index contributed by atoms with van der Waals surface area (Å²) in [5.74, 6) is -0.981. The molecule has 3 aromatic rings. The van der Waals surface area contributed by atoms with Gasteiger partial charge in [-0.25, -0.2) is 9.48 Å². The Morgan fingerprint density at radius 1 is 1.29 bits per heavy atom. The number of hydrogen-bond donors (Lipinski definition) is 2. The lowest BCUT2D eigenvalue weighted by Gasteiger charge is -2.19. The van der Waals surface area contributed by atoms with Crippen molar-refractivity contribution in [3.8, 4) is 5.69 Å². The molecule has 0 unspecified atom stereocenters. The normalized spacial score (nSPS) is 19.3. The van der Waals surface area contributed by atoms with Crippen molar-refractivity contribution in [2.24, 2.45) is 0 Å². The molecule has 0 spiro atoms. The molecule has 2 aromatic heterocycles. The lowest BCUT2D eigenvalue weighted by atomic mass is 10.00. The van der Waals surface area contributed by atoms with Crippen molar-refractivity contribution in [3.63, 3.8) is 0 Å². The van der Waals surface area contributed by atoms with Crippen molar-refractivity contribution in [2.45, 2.75) is 32.7 Å². The summed E-state index contributed by atoms with van der Waals surface area (Å²) in [7, 11) is 0. The highest BCUT2D eigenvalue weighted by Gasteiger charge is 2.47. The number of thiophene rings is 1. The molecular weight excluding hydrogens is 378 g/mol. The van der Waals surface area contributed by atoms with Gasteiger partial charge in [0, 0.05) is 5.39 Å². The standard InChI is InChI=1S/C19H19N5O3S/c1-4-19(3)17(26)24(18(27)20-19)22-15(25)14-10-13-11(2)21-23(16(13)28-14)12-8-6-5-7-9-12/h5-10H,4H2,1-3H3,(H,20,27)(H,22,25)/t19-/m0/s1. The third-order valence-electron chi connectivity index (χ3n) is 4.95. The number of para-hydroxylation sites is 1. The smallest absolute Gasteiger partial charge is 0.322 e. The molecule has 144 valence electrons. The number of urea groups is 1. The molecule has 1 saturated heterocycles. The maximum absolute atomic E-state index is 12.7. The third-order valence-corrected chi connectivity index (χ3v) is 6.06. The average molecular weight is 397 g/mol. The molecule has 1 aliphatic rings. The van der Waals surface area contributed by atoms with E-state index in [2.05, 4.69) is 15.8 Å². The fourth-order valence-electron chi connectivity index (χ4n) is 3.09. The van der Waals surface area contributed by atoms with E-state index in [0.29, 0.717) is 11.3 Å². The Balaban J connectivity index is 1.64. The molecule has 28 heavy (non-hydrogen) atoms. The largest absolute Gasteiger partial charge is 0.344 e. The van der Waals surface area contributed by atoms with Crippen LogP contribution in [0.5, 0.6) is 0 Å². The van der Waals surface area contributed by atoms with Crippen molar-refractivity contribution in [1.82, 2.24) is 25.5 Å². The van der Waals surface area contributed by atoms with Gasteiger partial charge in [0.25, 0.3) is 11.8 Å². The zero-order valence-electron chi connectivity index (χ0n) is 15.6. The first-order valence-electron chi connectivity index (χ1n) is 8.86. The lowest BCUT2D eigenvalue weighted by molar-refractivity contribution is -0.132. The second kappa shape index (κ2) is 6.45. The van der Waals surface area contributed by atoms with Crippen molar-refractivity contribution in [1.29, 1.82) is 0 Å². The van der Waals surface area contributed by atoms with Gasteiger partial charge >= 0.3 is 6.03 Å². The van der Waals surface area contributed by atoms with E-state index in [9.17, 15) is 14.4 Å². The Morgan fingerprint density at radius 2 is 2.00 bits per heavy atom. The summed E-state index contributed by atoms with van der Waals surface area (Å²) in [5, 5.41) is 8.77. The van der Waals surface area contributed by atoms with Crippen LogP contribution in [-0.2, 0) is 4.79 Å². The van der Waals surface area contributed by atoms with E-state index in [0.717, 1.165) is 26.6 Å². The van der Waals surface area contributed by atoms with Gasteiger partial charge in [0.05, 0.1) is 16.3 Å². The minimum absolute atomic E-state index is 0.394. The first-order valence-corrected chi connectivity index (χ1v) is 9.68. The molecule has 1 aliphatic heterocycles. The van der Waals surface area contributed by atoms with E-state index in [1.165, 1.54) is 11.3 Å². The molecular formula is C19H19N5O3S. The Labute approximate surface area is 165 Å². The second-order valence-electron chi connectivity index (χ2n) is 6.86. The number of aromatic nitrogens is 2. The predicted octanol–water partition coefficient (Wildman–Crippen LogP) is 2.76. The summed E-state index contributed by atoms with van der Waals surface area (Å²) in [5.41, 5.74) is 3.11. The summed E-state index contributed by atoms with van der Waals surface area (Å²) in [6.45, 7) is 5.31. The van der Waals surface area contributed by atoms with Gasteiger partial charge in [0.15, 0.2) is 0 Å². The number of carbonyl (C=O) groups is 3. The summed E-state index contributed by atoms with van der Waals surface area (Å²) >= 11 is 1.26. The number of nitrogens with zero attached hydrogens (tertiary/aromatic N) is 3. The van der Waals surface area contributed by atoms with E-state index in [1.54, 1.807) is 24.6 Å². The van der Waals surface area contributed by atoms with Crippen LogP contribution in [0.1, 0.15) is 35.6 Å². The van der Waals surface area contributed by atoms with Crippen molar-refractivity contribution >= 4 is 39.4 Å². The molecule has 0 saturated carbocycles. The highest BCUT2D eigenvalue weighted by atomic mass is 32.1. The van der Waals surface area contributed by atoms with Gasteiger partial charge in [-0.3, -0.25) is 15.0 Å². The molecule has 1 aromatic carbocycles. The van der Waals surface area contributed by atoms with Gasteiger partial charge in [0.2, 0.25) is 0 Å². The van der Waals surface area contributed by atoms with E-state index in [1.807, 2.05) is 37.3 Å². The molecule has 1 atom stereocenters. The number of imide groups is 1. The van der Waals surface area contributed by atoms with Gasteiger partial charge in [-0.1, -0.05) is 25.1 Å². The highest BCUT2D eigenvalue weighted by Crippen LogP contribution is 2.30. The maximum atomic E-state index is 12.7. The molecule has 4 amide bonds. The molecule has 8 nitrogen and oxygen atoms in total. The van der Waals surface area contributed by atoms with Gasteiger partial charge < -0.3 is 5.32 Å². The topological polar surface area (TPSA) is 96.3 Å². The van der Waals surface area contributed by atoms with Gasteiger partial charge in [0.1, 0.15) is 10.4 Å². The molecule has 2 N–H and O–H groups in total. The first kappa shape index (κ1) is 18.2. The Hall–Kier alpha value is -3.20. The van der Waals surface area contributed by atoms with Crippen LogP contribution in [-0.4, -0.2) is 38.2 Å². The predicted molar refractivity (Wildman–Crippen MR) is 105 cm³/mol. The number of hydrogen-bond acceptors (Lipinski definition) is 5. The van der Waals surface area contributed by atoms with Crippen LogP contribution < -0.4 is 10.7 Å². The fraction of sp³-hybridized carbons (Fsp3) is 0.263. The summed E-state index contributed by atoms with van der Waals surface area (Å²) in [4.78, 5) is 38.5. The monoisotopic (exact) mass is 397 g/mol. The summed E-state index contributed by atoms with van der Waals surface area (Å²) in [6.07, 6.45) is 0.430. The van der Waals surface area contributed by atoms with Crippen LogP contribution in [0, 0.1) is 6.92 Å². The van der Waals surface area contributed by atoms with Crippen molar-refractivity contribution in [3.05, 3.63) is 47.0 Å². The Kier molecular flexibility index (Phi) is 4.19. The second-order valence-corrected chi connectivity index (χ2v) is 7.89. The number of aryl methyl sites for hydroxylation is 1. The number of carbonyl (C=O) groups excluding carboxylic acids is 3. The molecule has 0 radical (unpaired) electrons. The number of amides is 4. The van der Waals surface area contributed by atoms with E-state index in [4.69, 9.17) is 0 Å². The Bertz CT molecular complexity index is 1100. The van der Waals surface area contributed by atoms with Crippen LogP contribution >= 0.6 is 11.3 Å². The average Bonchev–Trinajstić information content (AvgIpc) is 3.32. The lowest BCUT2D eigenvalue weighted by Crippen LogP contribution is -2.48. The first-order chi connectivity index (χ1) is 13.3. The SMILES string of the molecule is CC[C@]1(C)NC(=O)N(NC(=O)c2cc3c(C)nn(-c4ccccc4)c3s2)C1=O. The molecule has 0 bridgehead atoms. The van der Waals surface area contributed by atoms with Gasteiger partial charge in [-0.15, -0.1) is 11.3 Å². The Morgan fingerprint density at radius 3 is 2.64 bits per heavy atom. The zero-order valence-corrected chi connectivity index (χ0v) is 16.5. The maximum Gasteiger partial charge on any atom is 0.344 e. The fourth-order valence-corrected chi connectivity index (χ4v) is 4.16. The molecule has 4 rings (SSSR count). The third kappa shape index (κ3) is 2.75. The van der Waals surface area contributed by atoms with Crippen LogP contribution in [0.2, 0.25) is 0 Å². The van der Waals surface area contributed by atoms with Gasteiger partial charge in [-0.2, -0.15) is 10.1 Å². The minimum atomic E-state index is -1.01. The number of fused-ring (bicyclic) bond motifs is 1. The minimum Gasteiger partial charge on any atom is -0.322 e. The van der Waals surface area contributed by atoms with E-state index >= 15 is 0 Å². The van der Waals surface area contributed by atoms with Crippen molar-refractivity contribution < 1.29 is 14.4 Å². The van der Waals surface area contributed by atoms with E-state index < -0.39 is 23.4 Å². The summed E-state index contributed by atoms with van der Waals surface area (Å²) in [6, 6.07) is 10.7. The van der Waals surface area contributed by atoms with Gasteiger partial charge in [-0.05, 0) is 38.5 Å². The molecule has 9 heteroatoms. The van der Waals surface area contributed by atoms with Crippen LogP contribution in [0.25, 0.3) is 15.9 Å². The number of hydrazine groups is 1. The van der Waals surface area contributed by atoms with Crippen molar-refractivity contribution in [2.75, 3.05) is 0 Å². The van der Waals surface area contributed by atoms with E-state index in [-0.39, 0.29) is 0 Å². The quantitative estimate of drug-likeness (QED) is 0.662. The van der Waals surface area contributed by atoms with Crippen LogP contribution in [0.4, 0.5) is 4.79 Å². The highest BCUT2D eigenvalue weighted by molar-refractivity contribution is 7.20. The zero-order chi connectivity index (χ0) is 20.1. The number of rotatable bonds is 4. The molecule has 3 heterocycles. The summed E-state index contributed by atoms with van der Waals surface area (Å²) < 4.78 is 1.79. The van der Waals surface area contributed by atoms with Crippen LogP contribution in [0.3, 0.4) is 0 Å². The number of benzene rings is 1. The molecule has 1 fully saturated rings. The van der Waals surface area contributed by atoms with Crippen LogP contribution in [0.15, 0.2) is 36.4 Å².